The molecule has 116 valence electrons. The molecule has 0 radical (unpaired) electrons. The fourth-order valence-corrected chi connectivity index (χ4v) is 2.32. The van der Waals surface area contributed by atoms with Gasteiger partial charge in [0.05, 0.1) is 11.2 Å². The van der Waals surface area contributed by atoms with Gasteiger partial charge in [0.25, 0.3) is 0 Å². The monoisotopic (exact) mass is 327 g/mol. The van der Waals surface area contributed by atoms with Gasteiger partial charge in [-0.15, -0.1) is 0 Å². The summed E-state index contributed by atoms with van der Waals surface area (Å²) in [5.74, 6) is 0.999. The number of aromatic nitrogens is 2. The zero-order chi connectivity index (χ0) is 16.1. The smallest absolute Gasteiger partial charge is 0.224 e. The molecule has 0 aliphatic carbocycles. The van der Waals surface area contributed by atoms with E-state index in [9.17, 15) is 4.79 Å². The van der Waals surface area contributed by atoms with Crippen molar-refractivity contribution in [2.45, 2.75) is 12.8 Å². The number of oxazole rings is 1. The number of amides is 1. The highest BCUT2D eigenvalue weighted by molar-refractivity contribution is 6.33. The number of aryl methyl sites for hydroxylation is 1. The Bertz CT molecular complexity index is 802. The average Bonchev–Trinajstić information content (AvgIpc) is 3.03. The van der Waals surface area contributed by atoms with Crippen molar-refractivity contribution in [3.05, 3.63) is 65.9 Å². The van der Waals surface area contributed by atoms with E-state index < -0.39 is 0 Å². The molecule has 1 aromatic carbocycles. The average molecular weight is 328 g/mol. The predicted octanol–water partition coefficient (Wildman–Crippen LogP) is 3.96. The molecule has 2 heterocycles. The maximum Gasteiger partial charge on any atom is 0.224 e. The number of carbonyl (C=O) groups is 1. The summed E-state index contributed by atoms with van der Waals surface area (Å²) in [7, 11) is 0. The molecule has 0 bridgehead atoms. The molecule has 0 atom stereocenters. The first-order valence-corrected chi connectivity index (χ1v) is 7.49. The van der Waals surface area contributed by atoms with Gasteiger partial charge in [-0.25, -0.2) is 4.98 Å². The second-order valence-electron chi connectivity index (χ2n) is 4.88. The Morgan fingerprint density at radius 3 is 2.74 bits per heavy atom. The van der Waals surface area contributed by atoms with Crippen LogP contribution < -0.4 is 5.32 Å². The molecule has 3 rings (SSSR count). The number of halogens is 1. The van der Waals surface area contributed by atoms with Crippen LogP contribution in [0.3, 0.4) is 0 Å². The van der Waals surface area contributed by atoms with Gasteiger partial charge in [0.15, 0.2) is 11.7 Å². The van der Waals surface area contributed by atoms with E-state index in [0.29, 0.717) is 28.8 Å². The lowest BCUT2D eigenvalue weighted by molar-refractivity contribution is -0.116. The van der Waals surface area contributed by atoms with Crippen molar-refractivity contribution in [3.63, 3.8) is 0 Å². The number of rotatable bonds is 5. The molecule has 1 amide bonds. The SMILES string of the molecule is O=C(CCc1ncc(-c2ccccc2Cl)o1)Nc1ccncc1. The van der Waals surface area contributed by atoms with Gasteiger partial charge in [-0.3, -0.25) is 9.78 Å². The summed E-state index contributed by atoms with van der Waals surface area (Å²) in [6, 6.07) is 10.9. The van der Waals surface area contributed by atoms with Crippen molar-refractivity contribution in [2.75, 3.05) is 5.32 Å². The standard InChI is InChI=1S/C17H14ClN3O2/c18-14-4-2-1-3-13(14)15-11-20-17(23-15)6-5-16(22)21-12-7-9-19-10-8-12/h1-4,7-11H,5-6H2,(H,19,21,22). The van der Waals surface area contributed by atoms with Crippen molar-refractivity contribution < 1.29 is 9.21 Å². The molecule has 1 N–H and O–H groups in total. The molecule has 0 aliphatic heterocycles. The Labute approximate surface area is 138 Å². The first kappa shape index (κ1) is 15.2. The Kier molecular flexibility index (Phi) is 4.68. The Morgan fingerprint density at radius 1 is 1.17 bits per heavy atom. The molecular formula is C17H14ClN3O2. The predicted molar refractivity (Wildman–Crippen MR) is 88.1 cm³/mol. The van der Waals surface area contributed by atoms with Gasteiger partial charge in [-0.05, 0) is 24.3 Å². The number of anilines is 1. The van der Waals surface area contributed by atoms with Crippen LogP contribution in [0.1, 0.15) is 12.3 Å². The topological polar surface area (TPSA) is 68.0 Å². The van der Waals surface area contributed by atoms with E-state index in [4.69, 9.17) is 16.0 Å². The van der Waals surface area contributed by atoms with Crippen LogP contribution in [0.15, 0.2) is 59.4 Å². The van der Waals surface area contributed by atoms with E-state index in [0.717, 1.165) is 5.56 Å². The first-order chi connectivity index (χ1) is 11.2. The number of benzene rings is 1. The third kappa shape index (κ3) is 3.96. The van der Waals surface area contributed by atoms with E-state index >= 15 is 0 Å². The lowest BCUT2D eigenvalue weighted by Gasteiger charge is -2.03. The number of hydrogen-bond donors (Lipinski definition) is 1. The summed E-state index contributed by atoms with van der Waals surface area (Å²) in [4.78, 5) is 20.0. The highest BCUT2D eigenvalue weighted by atomic mass is 35.5. The number of nitrogens with one attached hydrogen (secondary N) is 1. The van der Waals surface area contributed by atoms with Gasteiger partial charge in [-0.2, -0.15) is 0 Å². The van der Waals surface area contributed by atoms with Crippen LogP contribution >= 0.6 is 11.6 Å². The minimum Gasteiger partial charge on any atom is -0.441 e. The van der Waals surface area contributed by atoms with E-state index in [1.807, 2.05) is 18.2 Å². The second-order valence-corrected chi connectivity index (χ2v) is 5.29. The van der Waals surface area contributed by atoms with Crippen molar-refractivity contribution >= 4 is 23.2 Å². The maximum atomic E-state index is 11.9. The summed E-state index contributed by atoms with van der Waals surface area (Å²) in [5, 5.41) is 3.39. The molecule has 3 aromatic rings. The lowest BCUT2D eigenvalue weighted by atomic mass is 10.2. The second kappa shape index (κ2) is 7.07. The first-order valence-electron chi connectivity index (χ1n) is 7.12. The van der Waals surface area contributed by atoms with Gasteiger partial charge >= 0.3 is 0 Å². The van der Waals surface area contributed by atoms with E-state index in [1.54, 1.807) is 36.8 Å². The minimum absolute atomic E-state index is 0.103. The van der Waals surface area contributed by atoms with Crippen LogP contribution in [0.25, 0.3) is 11.3 Å². The largest absolute Gasteiger partial charge is 0.441 e. The van der Waals surface area contributed by atoms with Crippen LogP contribution in [0.2, 0.25) is 5.02 Å². The molecule has 0 saturated carbocycles. The zero-order valence-electron chi connectivity index (χ0n) is 12.2. The van der Waals surface area contributed by atoms with Crippen LogP contribution in [0.5, 0.6) is 0 Å². The molecule has 0 saturated heterocycles. The highest BCUT2D eigenvalue weighted by Gasteiger charge is 2.11. The molecule has 0 fully saturated rings. The summed E-state index contributed by atoms with van der Waals surface area (Å²) in [6.45, 7) is 0. The molecule has 6 heteroatoms. The Hall–Kier alpha value is -2.66. The molecule has 5 nitrogen and oxygen atoms in total. The minimum atomic E-state index is -0.103. The van der Waals surface area contributed by atoms with E-state index in [2.05, 4.69) is 15.3 Å². The van der Waals surface area contributed by atoms with Crippen LogP contribution in [-0.2, 0) is 11.2 Å². The molecule has 0 aliphatic rings. The van der Waals surface area contributed by atoms with Gasteiger partial charge in [-0.1, -0.05) is 23.7 Å². The lowest BCUT2D eigenvalue weighted by Crippen LogP contribution is -2.12. The van der Waals surface area contributed by atoms with Crippen molar-refractivity contribution in [1.29, 1.82) is 0 Å². The molecular weight excluding hydrogens is 314 g/mol. The number of pyridine rings is 1. The quantitative estimate of drug-likeness (QED) is 0.770. The van der Waals surface area contributed by atoms with Gasteiger partial charge in [0.1, 0.15) is 0 Å². The molecule has 0 spiro atoms. The fourth-order valence-electron chi connectivity index (χ4n) is 2.09. The van der Waals surface area contributed by atoms with Crippen molar-refractivity contribution in [3.8, 4) is 11.3 Å². The van der Waals surface area contributed by atoms with Crippen molar-refractivity contribution in [1.82, 2.24) is 9.97 Å². The third-order valence-electron chi connectivity index (χ3n) is 3.22. The third-order valence-corrected chi connectivity index (χ3v) is 3.55. The zero-order valence-corrected chi connectivity index (χ0v) is 13.0. The number of nitrogens with zero attached hydrogens (tertiary/aromatic N) is 2. The van der Waals surface area contributed by atoms with Crippen molar-refractivity contribution in [2.24, 2.45) is 0 Å². The van der Waals surface area contributed by atoms with Crippen LogP contribution in [0.4, 0.5) is 5.69 Å². The number of carbonyl (C=O) groups excluding carboxylic acids is 1. The number of hydrogen-bond acceptors (Lipinski definition) is 4. The fraction of sp³-hybridized carbons (Fsp3) is 0.118. The summed E-state index contributed by atoms with van der Waals surface area (Å²) >= 11 is 6.13. The van der Waals surface area contributed by atoms with Gasteiger partial charge < -0.3 is 9.73 Å². The van der Waals surface area contributed by atoms with E-state index in [-0.39, 0.29) is 12.3 Å². The summed E-state index contributed by atoms with van der Waals surface area (Å²) in [5.41, 5.74) is 1.50. The van der Waals surface area contributed by atoms with Gasteiger partial charge in [0, 0.05) is 36.5 Å². The maximum absolute atomic E-state index is 11.9. The van der Waals surface area contributed by atoms with E-state index in [1.165, 1.54) is 0 Å². The Balaban J connectivity index is 1.59. The molecule has 2 aromatic heterocycles. The summed E-state index contributed by atoms with van der Waals surface area (Å²) < 4.78 is 5.67. The molecule has 23 heavy (non-hydrogen) atoms. The van der Waals surface area contributed by atoms with Crippen LogP contribution in [0, 0.1) is 0 Å². The van der Waals surface area contributed by atoms with Crippen LogP contribution in [-0.4, -0.2) is 15.9 Å². The van der Waals surface area contributed by atoms with Gasteiger partial charge in [0.2, 0.25) is 5.91 Å². The Morgan fingerprint density at radius 2 is 1.96 bits per heavy atom. The summed E-state index contributed by atoms with van der Waals surface area (Å²) in [6.07, 6.45) is 5.57. The normalized spacial score (nSPS) is 10.5. The highest BCUT2D eigenvalue weighted by Crippen LogP contribution is 2.28. The molecule has 0 unspecified atom stereocenters.